The van der Waals surface area contributed by atoms with Crippen LogP contribution in [0, 0.1) is 17.6 Å². The summed E-state index contributed by atoms with van der Waals surface area (Å²) < 4.78 is 26.5. The van der Waals surface area contributed by atoms with Gasteiger partial charge in [0, 0.05) is 12.6 Å². The number of hydrogen-bond donors (Lipinski definition) is 2. The number of carbonyl (C=O) groups is 1. The van der Waals surface area contributed by atoms with Gasteiger partial charge in [-0.2, -0.15) is 0 Å². The summed E-state index contributed by atoms with van der Waals surface area (Å²) in [5.41, 5.74) is 5.22. The Balaban J connectivity index is 2.20. The van der Waals surface area contributed by atoms with Crippen LogP contribution >= 0.6 is 0 Å². The summed E-state index contributed by atoms with van der Waals surface area (Å²) in [5, 5.41) is 2.88. The highest BCUT2D eigenvalue weighted by atomic mass is 19.1. The quantitative estimate of drug-likeness (QED) is 0.895. The van der Waals surface area contributed by atoms with E-state index in [1.807, 2.05) is 6.92 Å². The van der Waals surface area contributed by atoms with Crippen LogP contribution in [0.5, 0.6) is 0 Å². The largest absolute Gasteiger partial charge is 0.345 e. The third-order valence-corrected chi connectivity index (χ3v) is 4.36. The summed E-state index contributed by atoms with van der Waals surface area (Å²) in [6.07, 6.45) is 3.89. The number of carbonyl (C=O) groups excluding carboxylic acids is 1. The van der Waals surface area contributed by atoms with Gasteiger partial charge in [-0.3, -0.25) is 4.79 Å². The molecule has 0 bridgehead atoms. The SMILES string of the molecule is CC1CCCCC1(CN)NC(=O)c1ccc(F)cc1F. The highest BCUT2D eigenvalue weighted by Crippen LogP contribution is 2.33. The van der Waals surface area contributed by atoms with Crippen LogP contribution in [-0.4, -0.2) is 18.0 Å². The number of amides is 1. The van der Waals surface area contributed by atoms with Crippen LogP contribution in [0.2, 0.25) is 0 Å². The fourth-order valence-corrected chi connectivity index (χ4v) is 2.92. The van der Waals surface area contributed by atoms with Gasteiger partial charge in [-0.15, -0.1) is 0 Å². The highest BCUT2D eigenvalue weighted by Gasteiger charge is 2.38. The van der Waals surface area contributed by atoms with Gasteiger partial charge >= 0.3 is 0 Å². The van der Waals surface area contributed by atoms with Crippen molar-refractivity contribution in [2.24, 2.45) is 11.7 Å². The van der Waals surface area contributed by atoms with E-state index >= 15 is 0 Å². The smallest absolute Gasteiger partial charge is 0.254 e. The normalized spacial score (nSPS) is 26.3. The maximum Gasteiger partial charge on any atom is 0.254 e. The number of nitrogens with two attached hydrogens (primary N) is 1. The molecule has 3 nitrogen and oxygen atoms in total. The molecule has 2 rings (SSSR count). The summed E-state index contributed by atoms with van der Waals surface area (Å²) in [6.45, 7) is 2.37. The molecule has 0 aromatic heterocycles. The third-order valence-electron chi connectivity index (χ3n) is 4.36. The van der Waals surface area contributed by atoms with Crippen molar-refractivity contribution >= 4 is 5.91 Å². The van der Waals surface area contributed by atoms with Crippen molar-refractivity contribution in [1.29, 1.82) is 0 Å². The van der Waals surface area contributed by atoms with Crippen LogP contribution in [0.25, 0.3) is 0 Å². The average molecular weight is 282 g/mol. The van der Waals surface area contributed by atoms with E-state index in [0.29, 0.717) is 12.6 Å². The topological polar surface area (TPSA) is 55.1 Å². The Morgan fingerprint density at radius 2 is 2.20 bits per heavy atom. The molecular weight excluding hydrogens is 262 g/mol. The minimum absolute atomic E-state index is 0.142. The molecule has 0 saturated heterocycles. The van der Waals surface area contributed by atoms with Crippen LogP contribution in [0.1, 0.15) is 43.0 Å². The molecule has 0 aliphatic heterocycles. The molecule has 1 aliphatic rings. The molecule has 20 heavy (non-hydrogen) atoms. The maximum atomic E-state index is 13.6. The van der Waals surface area contributed by atoms with E-state index in [2.05, 4.69) is 5.32 Å². The molecule has 1 amide bonds. The van der Waals surface area contributed by atoms with Crippen LogP contribution in [0.15, 0.2) is 18.2 Å². The summed E-state index contributed by atoms with van der Waals surface area (Å²) >= 11 is 0. The van der Waals surface area contributed by atoms with Crippen molar-refractivity contribution in [2.45, 2.75) is 38.1 Å². The van der Waals surface area contributed by atoms with Gasteiger partial charge in [-0.1, -0.05) is 19.8 Å². The fraction of sp³-hybridized carbons (Fsp3) is 0.533. The molecule has 1 aromatic carbocycles. The van der Waals surface area contributed by atoms with E-state index in [-0.39, 0.29) is 11.5 Å². The van der Waals surface area contributed by atoms with E-state index in [4.69, 9.17) is 5.73 Å². The minimum Gasteiger partial charge on any atom is -0.345 e. The predicted molar refractivity (Wildman–Crippen MR) is 73.2 cm³/mol. The number of benzene rings is 1. The molecule has 110 valence electrons. The maximum absolute atomic E-state index is 13.6. The first-order valence-corrected chi connectivity index (χ1v) is 6.96. The second-order valence-corrected chi connectivity index (χ2v) is 5.59. The zero-order valence-electron chi connectivity index (χ0n) is 11.6. The van der Waals surface area contributed by atoms with E-state index in [0.717, 1.165) is 37.8 Å². The Kier molecular flexibility index (Phi) is 4.38. The van der Waals surface area contributed by atoms with Crippen molar-refractivity contribution in [3.63, 3.8) is 0 Å². The molecule has 0 radical (unpaired) electrons. The standard InChI is InChI=1S/C15H20F2N2O/c1-10-4-2-3-7-15(10,9-18)19-14(20)12-6-5-11(16)8-13(12)17/h5-6,8,10H,2-4,7,9,18H2,1H3,(H,19,20). The predicted octanol–water partition coefficient (Wildman–Crippen LogP) is 2.60. The lowest BCUT2D eigenvalue weighted by Crippen LogP contribution is -2.59. The van der Waals surface area contributed by atoms with Gasteiger partial charge in [0.1, 0.15) is 11.6 Å². The van der Waals surface area contributed by atoms with E-state index < -0.39 is 23.1 Å². The van der Waals surface area contributed by atoms with Gasteiger partial charge in [0.05, 0.1) is 11.1 Å². The Labute approximate surface area is 117 Å². The van der Waals surface area contributed by atoms with Crippen molar-refractivity contribution in [1.82, 2.24) is 5.32 Å². The van der Waals surface area contributed by atoms with Crippen LogP contribution in [0.4, 0.5) is 8.78 Å². The Morgan fingerprint density at radius 3 is 2.80 bits per heavy atom. The summed E-state index contributed by atoms with van der Waals surface area (Å²) in [4.78, 5) is 12.2. The van der Waals surface area contributed by atoms with E-state index in [1.165, 1.54) is 0 Å². The molecule has 2 atom stereocenters. The first-order valence-electron chi connectivity index (χ1n) is 6.96. The van der Waals surface area contributed by atoms with Crippen LogP contribution < -0.4 is 11.1 Å². The van der Waals surface area contributed by atoms with E-state index in [9.17, 15) is 13.6 Å². The summed E-state index contributed by atoms with van der Waals surface area (Å²) in [7, 11) is 0. The molecule has 1 aliphatic carbocycles. The van der Waals surface area contributed by atoms with Gasteiger partial charge in [0.25, 0.3) is 5.91 Å². The summed E-state index contributed by atoms with van der Waals surface area (Å²) in [5.74, 6) is -1.83. The molecule has 1 saturated carbocycles. The molecule has 0 heterocycles. The molecule has 3 N–H and O–H groups in total. The van der Waals surface area contributed by atoms with Gasteiger partial charge < -0.3 is 11.1 Å². The second kappa shape index (κ2) is 5.87. The Bertz CT molecular complexity index is 507. The fourth-order valence-electron chi connectivity index (χ4n) is 2.92. The highest BCUT2D eigenvalue weighted by molar-refractivity contribution is 5.95. The van der Waals surface area contributed by atoms with Crippen molar-refractivity contribution in [2.75, 3.05) is 6.54 Å². The van der Waals surface area contributed by atoms with Crippen LogP contribution in [-0.2, 0) is 0 Å². The zero-order valence-corrected chi connectivity index (χ0v) is 11.6. The first-order chi connectivity index (χ1) is 9.48. The Hall–Kier alpha value is -1.49. The van der Waals surface area contributed by atoms with Gasteiger partial charge in [0.15, 0.2) is 0 Å². The number of hydrogen-bond acceptors (Lipinski definition) is 2. The van der Waals surface area contributed by atoms with Crippen molar-refractivity contribution < 1.29 is 13.6 Å². The molecule has 1 aromatic rings. The van der Waals surface area contributed by atoms with Gasteiger partial charge in [0.2, 0.25) is 0 Å². The zero-order chi connectivity index (χ0) is 14.8. The number of rotatable bonds is 3. The Morgan fingerprint density at radius 1 is 1.45 bits per heavy atom. The van der Waals surface area contributed by atoms with Crippen molar-refractivity contribution in [3.05, 3.63) is 35.4 Å². The van der Waals surface area contributed by atoms with Crippen LogP contribution in [0.3, 0.4) is 0 Å². The molecule has 0 spiro atoms. The van der Waals surface area contributed by atoms with E-state index in [1.54, 1.807) is 0 Å². The lowest BCUT2D eigenvalue weighted by molar-refractivity contribution is 0.0808. The van der Waals surface area contributed by atoms with Gasteiger partial charge in [-0.25, -0.2) is 8.78 Å². The first kappa shape index (κ1) is 14.9. The third kappa shape index (κ3) is 2.82. The minimum atomic E-state index is -0.849. The molecular formula is C15H20F2N2O. The molecule has 5 heteroatoms. The number of nitrogens with one attached hydrogen (secondary N) is 1. The number of halogens is 2. The van der Waals surface area contributed by atoms with Gasteiger partial charge in [-0.05, 0) is 30.9 Å². The monoisotopic (exact) mass is 282 g/mol. The average Bonchev–Trinajstić information content (AvgIpc) is 2.41. The molecule has 2 unspecified atom stereocenters. The lowest BCUT2D eigenvalue weighted by atomic mass is 9.73. The lowest BCUT2D eigenvalue weighted by Gasteiger charge is -2.42. The van der Waals surface area contributed by atoms with Crippen molar-refractivity contribution in [3.8, 4) is 0 Å². The molecule has 1 fully saturated rings. The summed E-state index contributed by atoms with van der Waals surface area (Å²) in [6, 6.07) is 2.96. The second-order valence-electron chi connectivity index (χ2n) is 5.59.